The molecule has 0 spiro atoms. The van der Waals surface area contributed by atoms with Crippen LogP contribution in [-0.4, -0.2) is 4.57 Å². The first kappa shape index (κ1) is 35.2. The first-order valence-corrected chi connectivity index (χ1v) is 20.6. The Hall–Kier alpha value is -7.94. The Bertz CT molecular complexity index is 3310. The van der Waals surface area contributed by atoms with Crippen molar-refractivity contribution in [2.75, 3.05) is 4.90 Å². The minimum absolute atomic E-state index is 1.09. The molecule has 0 amide bonds. The molecule has 0 atom stereocenters. The fourth-order valence-corrected chi connectivity index (χ4v) is 8.94. The molecule has 0 fully saturated rings. The lowest BCUT2D eigenvalue weighted by molar-refractivity contribution is 1.18. The third kappa shape index (κ3) is 6.32. The zero-order chi connectivity index (χ0) is 39.8. The Morgan fingerprint density at radius 2 is 0.883 bits per heavy atom. The highest BCUT2D eigenvalue weighted by Gasteiger charge is 2.19. The van der Waals surface area contributed by atoms with Crippen LogP contribution in [0.3, 0.4) is 0 Å². The van der Waals surface area contributed by atoms with Crippen LogP contribution in [-0.2, 0) is 0 Å². The maximum absolute atomic E-state index is 2.40. The minimum Gasteiger partial charge on any atom is -0.310 e. The summed E-state index contributed by atoms with van der Waals surface area (Å²) in [5.74, 6) is 0. The summed E-state index contributed by atoms with van der Waals surface area (Å²) in [5.41, 5.74) is 16.4. The standard InChI is InChI=1S/C58H40N2/c1-3-17-43(18-4-1)52-26-9-11-29-55(52)59(50-36-34-42(35-37-50)47-33-32-41-16-7-8-19-44(41)38-47)51-25-14-21-46(40-51)45-20-13-22-48(39-45)53-28-15-31-57-58(53)54-27-10-12-30-56(54)60(57)49-23-5-2-6-24-49/h1-40H. The third-order valence-electron chi connectivity index (χ3n) is 11.8. The molecule has 0 unspecified atom stereocenters. The molecule has 1 heterocycles. The van der Waals surface area contributed by atoms with Crippen molar-refractivity contribution >= 4 is 49.6 Å². The predicted molar refractivity (Wildman–Crippen MR) is 255 cm³/mol. The number of aromatic nitrogens is 1. The maximum Gasteiger partial charge on any atom is 0.0547 e. The Balaban J connectivity index is 1.03. The van der Waals surface area contributed by atoms with E-state index in [4.69, 9.17) is 0 Å². The highest BCUT2D eigenvalue weighted by Crippen LogP contribution is 2.44. The summed E-state index contributed by atoms with van der Waals surface area (Å²) >= 11 is 0. The summed E-state index contributed by atoms with van der Waals surface area (Å²) in [7, 11) is 0. The number of hydrogen-bond acceptors (Lipinski definition) is 1. The predicted octanol–water partition coefficient (Wildman–Crippen LogP) is 16.1. The van der Waals surface area contributed by atoms with Crippen molar-refractivity contribution in [1.29, 1.82) is 0 Å². The van der Waals surface area contributed by atoms with Crippen molar-refractivity contribution in [1.82, 2.24) is 4.57 Å². The van der Waals surface area contributed by atoms with E-state index in [9.17, 15) is 0 Å². The van der Waals surface area contributed by atoms with Crippen LogP contribution in [0.5, 0.6) is 0 Å². The van der Waals surface area contributed by atoms with E-state index in [1.54, 1.807) is 0 Å². The summed E-state index contributed by atoms with van der Waals surface area (Å²) in [6.45, 7) is 0. The van der Waals surface area contributed by atoms with E-state index in [1.807, 2.05) is 0 Å². The minimum atomic E-state index is 1.09. The summed E-state index contributed by atoms with van der Waals surface area (Å²) in [6, 6.07) is 87.9. The maximum atomic E-state index is 2.40. The number of anilines is 3. The van der Waals surface area contributed by atoms with E-state index in [-0.39, 0.29) is 0 Å². The number of para-hydroxylation sites is 3. The second-order valence-corrected chi connectivity index (χ2v) is 15.3. The van der Waals surface area contributed by atoms with Gasteiger partial charge in [0.05, 0.1) is 16.7 Å². The van der Waals surface area contributed by atoms with Gasteiger partial charge in [-0.15, -0.1) is 0 Å². The first-order chi connectivity index (χ1) is 29.8. The van der Waals surface area contributed by atoms with Gasteiger partial charge in [0.1, 0.15) is 0 Å². The van der Waals surface area contributed by atoms with E-state index >= 15 is 0 Å². The van der Waals surface area contributed by atoms with Crippen LogP contribution in [0.1, 0.15) is 0 Å². The molecule has 0 saturated carbocycles. The molecule has 0 saturated heterocycles. The van der Waals surface area contributed by atoms with E-state index < -0.39 is 0 Å². The molecule has 10 aromatic carbocycles. The number of hydrogen-bond donors (Lipinski definition) is 0. The van der Waals surface area contributed by atoms with Gasteiger partial charge in [-0.2, -0.15) is 0 Å². The quantitative estimate of drug-likeness (QED) is 0.150. The van der Waals surface area contributed by atoms with E-state index in [0.29, 0.717) is 0 Å². The molecule has 0 bridgehead atoms. The fraction of sp³-hybridized carbons (Fsp3) is 0. The van der Waals surface area contributed by atoms with Crippen molar-refractivity contribution in [3.05, 3.63) is 243 Å². The molecule has 60 heavy (non-hydrogen) atoms. The fourth-order valence-electron chi connectivity index (χ4n) is 8.94. The molecular weight excluding hydrogens is 725 g/mol. The Labute approximate surface area is 350 Å². The van der Waals surface area contributed by atoms with Gasteiger partial charge < -0.3 is 9.47 Å². The van der Waals surface area contributed by atoms with E-state index in [1.165, 1.54) is 71.5 Å². The van der Waals surface area contributed by atoms with Crippen LogP contribution in [0.25, 0.3) is 82.8 Å². The highest BCUT2D eigenvalue weighted by molar-refractivity contribution is 6.16. The van der Waals surface area contributed by atoms with Crippen molar-refractivity contribution in [3.63, 3.8) is 0 Å². The monoisotopic (exact) mass is 764 g/mol. The average molecular weight is 765 g/mol. The van der Waals surface area contributed by atoms with Gasteiger partial charge in [-0.05, 0) is 116 Å². The molecule has 2 heteroatoms. The topological polar surface area (TPSA) is 8.17 Å². The molecule has 0 aliphatic heterocycles. The zero-order valence-corrected chi connectivity index (χ0v) is 33.0. The third-order valence-corrected chi connectivity index (χ3v) is 11.8. The van der Waals surface area contributed by atoms with Crippen molar-refractivity contribution in [2.45, 2.75) is 0 Å². The van der Waals surface area contributed by atoms with Crippen LogP contribution in [0.4, 0.5) is 17.1 Å². The second-order valence-electron chi connectivity index (χ2n) is 15.3. The lowest BCUT2D eigenvalue weighted by atomic mass is 9.95. The van der Waals surface area contributed by atoms with Gasteiger partial charge in [0.25, 0.3) is 0 Å². The second kappa shape index (κ2) is 15.1. The molecule has 282 valence electrons. The van der Waals surface area contributed by atoms with Gasteiger partial charge >= 0.3 is 0 Å². The smallest absolute Gasteiger partial charge is 0.0547 e. The largest absolute Gasteiger partial charge is 0.310 e. The van der Waals surface area contributed by atoms with Gasteiger partial charge in [0.15, 0.2) is 0 Å². The Morgan fingerprint density at radius 1 is 0.300 bits per heavy atom. The molecule has 0 aliphatic carbocycles. The summed E-state index contributed by atoms with van der Waals surface area (Å²) < 4.78 is 2.39. The van der Waals surface area contributed by atoms with Gasteiger partial charge in [-0.3, -0.25) is 0 Å². The molecule has 2 nitrogen and oxygen atoms in total. The van der Waals surface area contributed by atoms with Gasteiger partial charge in [0, 0.05) is 33.4 Å². The number of benzene rings is 10. The summed E-state index contributed by atoms with van der Waals surface area (Å²) in [5, 5.41) is 5.01. The molecule has 0 aliphatic rings. The molecule has 1 aromatic heterocycles. The molecule has 11 aromatic rings. The molecule has 0 radical (unpaired) electrons. The van der Waals surface area contributed by atoms with Crippen LogP contribution in [0, 0.1) is 0 Å². The SMILES string of the molecule is c1ccc(-c2ccccc2N(c2ccc(-c3ccc4ccccc4c3)cc2)c2cccc(-c3cccc(-c4cccc5c4c4ccccc4n5-c4ccccc4)c3)c2)cc1. The summed E-state index contributed by atoms with van der Waals surface area (Å²) in [4.78, 5) is 2.40. The number of fused-ring (bicyclic) bond motifs is 4. The number of nitrogens with zero attached hydrogens (tertiary/aromatic N) is 2. The lowest BCUT2D eigenvalue weighted by Gasteiger charge is -2.28. The van der Waals surface area contributed by atoms with Gasteiger partial charge in [-0.25, -0.2) is 0 Å². The lowest BCUT2D eigenvalue weighted by Crippen LogP contribution is -2.11. The summed E-state index contributed by atoms with van der Waals surface area (Å²) in [6.07, 6.45) is 0. The van der Waals surface area contributed by atoms with Crippen molar-refractivity contribution in [3.8, 4) is 50.2 Å². The molecular formula is C58H40N2. The average Bonchev–Trinajstić information content (AvgIpc) is 3.67. The van der Waals surface area contributed by atoms with Crippen LogP contribution in [0.2, 0.25) is 0 Å². The van der Waals surface area contributed by atoms with E-state index in [0.717, 1.165) is 28.3 Å². The number of rotatable bonds is 8. The van der Waals surface area contributed by atoms with Crippen LogP contribution in [0.15, 0.2) is 243 Å². The van der Waals surface area contributed by atoms with Crippen LogP contribution >= 0.6 is 0 Å². The Morgan fingerprint density at radius 3 is 1.73 bits per heavy atom. The highest BCUT2D eigenvalue weighted by atomic mass is 15.1. The van der Waals surface area contributed by atoms with Crippen LogP contribution < -0.4 is 4.90 Å². The molecule has 0 N–H and O–H groups in total. The van der Waals surface area contributed by atoms with Gasteiger partial charge in [-0.1, -0.05) is 176 Å². The van der Waals surface area contributed by atoms with Gasteiger partial charge in [0.2, 0.25) is 0 Å². The van der Waals surface area contributed by atoms with E-state index in [2.05, 4.69) is 252 Å². The normalized spacial score (nSPS) is 11.3. The zero-order valence-electron chi connectivity index (χ0n) is 33.0. The Kier molecular flexibility index (Phi) is 8.87. The van der Waals surface area contributed by atoms with Crippen molar-refractivity contribution < 1.29 is 0 Å². The van der Waals surface area contributed by atoms with Crippen molar-refractivity contribution in [2.24, 2.45) is 0 Å². The molecule has 11 rings (SSSR count). The first-order valence-electron chi connectivity index (χ1n) is 20.6.